The predicted molar refractivity (Wildman–Crippen MR) is 78.8 cm³/mol. The molecule has 0 atom stereocenters. The Hall–Kier alpha value is -0.380. The first kappa shape index (κ1) is 14.0. The maximum absolute atomic E-state index is 9.34. The molecule has 1 aliphatic carbocycles. The Kier molecular flexibility index (Phi) is 4.46. The number of rotatable bonds is 6. The van der Waals surface area contributed by atoms with Gasteiger partial charge < -0.3 is 10.0 Å². The minimum Gasteiger partial charge on any atom is -0.396 e. The molecule has 0 bridgehead atoms. The van der Waals surface area contributed by atoms with Crippen LogP contribution in [-0.2, 0) is 6.42 Å². The lowest BCUT2D eigenvalue weighted by Gasteiger charge is -2.22. The van der Waals surface area contributed by atoms with Gasteiger partial charge in [-0.2, -0.15) is 0 Å². The van der Waals surface area contributed by atoms with Gasteiger partial charge in [-0.25, -0.2) is 0 Å². The monoisotopic (exact) mass is 311 g/mol. The van der Waals surface area contributed by atoms with E-state index in [0.29, 0.717) is 6.61 Å². The SMILES string of the molecule is Cc1ccc(Br)cc1CCN(C)CC1(CO)CC1. The third-order valence-electron chi connectivity index (χ3n) is 3.97. The van der Waals surface area contributed by atoms with Gasteiger partial charge in [0.05, 0.1) is 0 Å². The van der Waals surface area contributed by atoms with Gasteiger partial charge in [0.15, 0.2) is 0 Å². The zero-order valence-electron chi connectivity index (χ0n) is 11.2. The number of hydrogen-bond donors (Lipinski definition) is 1. The number of aliphatic hydroxyl groups is 1. The van der Waals surface area contributed by atoms with Crippen LogP contribution in [0.5, 0.6) is 0 Å². The number of hydrogen-bond acceptors (Lipinski definition) is 2. The number of aliphatic hydroxyl groups excluding tert-OH is 1. The molecule has 1 aliphatic rings. The third kappa shape index (κ3) is 3.56. The fourth-order valence-corrected chi connectivity index (χ4v) is 2.82. The van der Waals surface area contributed by atoms with Crippen molar-refractivity contribution in [2.75, 3.05) is 26.7 Å². The first-order valence-electron chi connectivity index (χ1n) is 6.59. The zero-order chi connectivity index (χ0) is 13.2. The van der Waals surface area contributed by atoms with Gasteiger partial charge in [-0.15, -0.1) is 0 Å². The number of aryl methyl sites for hydroxylation is 1. The lowest BCUT2D eigenvalue weighted by molar-refractivity contribution is 0.165. The van der Waals surface area contributed by atoms with Gasteiger partial charge >= 0.3 is 0 Å². The van der Waals surface area contributed by atoms with Crippen LogP contribution in [-0.4, -0.2) is 36.8 Å². The molecule has 1 fully saturated rings. The van der Waals surface area contributed by atoms with Crippen molar-refractivity contribution in [1.82, 2.24) is 4.90 Å². The molecule has 2 nitrogen and oxygen atoms in total. The number of likely N-dealkylation sites (N-methyl/N-ethyl adjacent to an activating group) is 1. The van der Waals surface area contributed by atoms with Gasteiger partial charge in [-0.3, -0.25) is 0 Å². The quantitative estimate of drug-likeness (QED) is 0.873. The van der Waals surface area contributed by atoms with Crippen LogP contribution in [0.25, 0.3) is 0 Å². The van der Waals surface area contributed by atoms with Crippen LogP contribution in [0.2, 0.25) is 0 Å². The highest BCUT2D eigenvalue weighted by Gasteiger charge is 2.42. The van der Waals surface area contributed by atoms with Gasteiger partial charge in [-0.05, 0) is 56.5 Å². The highest BCUT2D eigenvalue weighted by Crippen LogP contribution is 2.45. The summed E-state index contributed by atoms with van der Waals surface area (Å²) in [5, 5.41) is 9.34. The smallest absolute Gasteiger partial charge is 0.0499 e. The molecular weight excluding hydrogens is 290 g/mol. The summed E-state index contributed by atoms with van der Waals surface area (Å²) >= 11 is 3.53. The summed E-state index contributed by atoms with van der Waals surface area (Å²) in [6, 6.07) is 6.46. The number of benzene rings is 1. The molecule has 0 heterocycles. The second-order valence-corrected chi connectivity index (χ2v) is 6.63. The number of nitrogens with zero attached hydrogens (tertiary/aromatic N) is 1. The van der Waals surface area contributed by atoms with E-state index in [2.05, 4.69) is 53.0 Å². The van der Waals surface area contributed by atoms with E-state index in [1.54, 1.807) is 0 Å². The molecule has 1 N–H and O–H groups in total. The summed E-state index contributed by atoms with van der Waals surface area (Å²) in [5.74, 6) is 0. The van der Waals surface area contributed by atoms with Crippen LogP contribution >= 0.6 is 15.9 Å². The van der Waals surface area contributed by atoms with E-state index in [9.17, 15) is 5.11 Å². The fraction of sp³-hybridized carbons (Fsp3) is 0.600. The second kappa shape index (κ2) is 5.72. The van der Waals surface area contributed by atoms with Crippen molar-refractivity contribution in [3.8, 4) is 0 Å². The summed E-state index contributed by atoms with van der Waals surface area (Å²) in [6.45, 7) is 4.58. The average Bonchev–Trinajstić information content (AvgIpc) is 3.11. The Labute approximate surface area is 118 Å². The van der Waals surface area contributed by atoms with Crippen LogP contribution in [0.15, 0.2) is 22.7 Å². The molecule has 0 aliphatic heterocycles. The summed E-state index contributed by atoms with van der Waals surface area (Å²) < 4.78 is 1.15. The standard InChI is InChI=1S/C15H22BrNO/c1-12-3-4-14(16)9-13(12)5-8-17(2)10-15(11-18)6-7-15/h3-4,9,18H,5-8,10-11H2,1-2H3. The van der Waals surface area contributed by atoms with Crippen molar-refractivity contribution in [2.24, 2.45) is 5.41 Å². The molecule has 0 unspecified atom stereocenters. The molecule has 2 rings (SSSR count). The number of halogens is 1. The van der Waals surface area contributed by atoms with Crippen LogP contribution in [0, 0.1) is 12.3 Å². The first-order chi connectivity index (χ1) is 8.54. The Morgan fingerprint density at radius 2 is 2.11 bits per heavy atom. The Morgan fingerprint density at radius 1 is 1.39 bits per heavy atom. The zero-order valence-corrected chi connectivity index (χ0v) is 12.8. The average molecular weight is 312 g/mol. The molecule has 1 aromatic carbocycles. The van der Waals surface area contributed by atoms with Crippen molar-refractivity contribution in [1.29, 1.82) is 0 Å². The Bertz CT molecular complexity index is 415. The summed E-state index contributed by atoms with van der Waals surface area (Å²) in [7, 11) is 2.16. The Morgan fingerprint density at radius 3 is 2.72 bits per heavy atom. The molecule has 0 aromatic heterocycles. The van der Waals surface area contributed by atoms with E-state index >= 15 is 0 Å². The van der Waals surface area contributed by atoms with Crippen molar-refractivity contribution in [2.45, 2.75) is 26.2 Å². The Balaban J connectivity index is 1.85. The molecule has 0 amide bonds. The van der Waals surface area contributed by atoms with Gasteiger partial charge in [0.25, 0.3) is 0 Å². The molecule has 3 heteroatoms. The summed E-state index contributed by atoms with van der Waals surface area (Å²) in [6.07, 6.45) is 3.44. The summed E-state index contributed by atoms with van der Waals surface area (Å²) in [4.78, 5) is 2.35. The normalized spacial score (nSPS) is 17.2. The molecule has 1 aromatic rings. The largest absolute Gasteiger partial charge is 0.396 e. The third-order valence-corrected chi connectivity index (χ3v) is 4.47. The van der Waals surface area contributed by atoms with Crippen molar-refractivity contribution in [3.05, 3.63) is 33.8 Å². The van der Waals surface area contributed by atoms with Crippen molar-refractivity contribution in [3.63, 3.8) is 0 Å². The van der Waals surface area contributed by atoms with E-state index < -0.39 is 0 Å². The lowest BCUT2D eigenvalue weighted by Crippen LogP contribution is -2.30. The van der Waals surface area contributed by atoms with Crippen LogP contribution in [0.1, 0.15) is 24.0 Å². The maximum Gasteiger partial charge on any atom is 0.0499 e. The van der Waals surface area contributed by atoms with Gasteiger partial charge in [-0.1, -0.05) is 22.0 Å². The van der Waals surface area contributed by atoms with Gasteiger partial charge in [0.2, 0.25) is 0 Å². The fourth-order valence-electron chi connectivity index (χ4n) is 2.42. The molecular formula is C15H22BrNO. The minimum absolute atomic E-state index is 0.223. The second-order valence-electron chi connectivity index (χ2n) is 5.72. The first-order valence-corrected chi connectivity index (χ1v) is 7.38. The van der Waals surface area contributed by atoms with E-state index in [-0.39, 0.29) is 5.41 Å². The molecule has 18 heavy (non-hydrogen) atoms. The molecule has 1 saturated carbocycles. The van der Waals surface area contributed by atoms with Gasteiger partial charge in [0.1, 0.15) is 0 Å². The highest BCUT2D eigenvalue weighted by molar-refractivity contribution is 9.10. The molecule has 100 valence electrons. The van der Waals surface area contributed by atoms with Crippen molar-refractivity contribution < 1.29 is 5.11 Å². The molecule has 0 spiro atoms. The van der Waals surface area contributed by atoms with Gasteiger partial charge in [0, 0.05) is 29.6 Å². The maximum atomic E-state index is 9.34. The van der Waals surface area contributed by atoms with E-state index in [4.69, 9.17) is 0 Å². The van der Waals surface area contributed by atoms with E-state index in [0.717, 1.165) is 24.0 Å². The topological polar surface area (TPSA) is 23.5 Å². The van der Waals surface area contributed by atoms with E-state index in [1.807, 2.05) is 0 Å². The molecule has 0 radical (unpaired) electrons. The minimum atomic E-state index is 0.223. The molecule has 0 saturated heterocycles. The van der Waals surface area contributed by atoms with Crippen molar-refractivity contribution >= 4 is 15.9 Å². The van der Waals surface area contributed by atoms with Crippen LogP contribution in [0.4, 0.5) is 0 Å². The van der Waals surface area contributed by atoms with E-state index in [1.165, 1.54) is 24.0 Å². The predicted octanol–water partition coefficient (Wildman–Crippen LogP) is 3.00. The van der Waals surface area contributed by atoms with Crippen LogP contribution < -0.4 is 0 Å². The summed E-state index contributed by atoms with van der Waals surface area (Å²) in [5.41, 5.74) is 2.99. The lowest BCUT2D eigenvalue weighted by atomic mass is 10.0. The van der Waals surface area contributed by atoms with Crippen LogP contribution in [0.3, 0.4) is 0 Å². The highest BCUT2D eigenvalue weighted by atomic mass is 79.9.